The molecule has 0 unspecified atom stereocenters. The van der Waals surface area contributed by atoms with E-state index in [0.29, 0.717) is 31.8 Å². The van der Waals surface area contributed by atoms with E-state index in [1.165, 1.54) is 0 Å². The van der Waals surface area contributed by atoms with Crippen molar-refractivity contribution in [2.45, 2.75) is 25.1 Å². The summed E-state index contributed by atoms with van der Waals surface area (Å²) in [5.74, 6) is 0.552. The zero-order chi connectivity index (χ0) is 17.8. The fourth-order valence-electron chi connectivity index (χ4n) is 3.14. The number of hydrogen-bond acceptors (Lipinski definition) is 5. The molecule has 1 aromatic heterocycles. The van der Waals surface area contributed by atoms with Gasteiger partial charge in [0.25, 0.3) is 5.91 Å². The van der Waals surface area contributed by atoms with Gasteiger partial charge >= 0.3 is 0 Å². The fourth-order valence-corrected chi connectivity index (χ4v) is 3.14. The zero-order valence-corrected chi connectivity index (χ0v) is 14.5. The minimum atomic E-state index is -0.546. The third kappa shape index (κ3) is 3.83. The SMILES string of the molecule is COCCn1ccc(C(=O)N2C[C@H](O)C[C@@H]2c2cccc(OC)c2)n1. The van der Waals surface area contributed by atoms with E-state index in [1.54, 1.807) is 36.1 Å². The van der Waals surface area contributed by atoms with Crippen molar-refractivity contribution in [3.05, 3.63) is 47.8 Å². The number of likely N-dealkylation sites (tertiary alicyclic amines) is 1. The number of methoxy groups -OCH3 is 2. The van der Waals surface area contributed by atoms with Crippen molar-refractivity contribution in [2.24, 2.45) is 0 Å². The summed E-state index contributed by atoms with van der Waals surface area (Å²) in [7, 11) is 3.23. The summed E-state index contributed by atoms with van der Waals surface area (Å²) >= 11 is 0. The second kappa shape index (κ2) is 7.67. The smallest absolute Gasteiger partial charge is 0.274 e. The largest absolute Gasteiger partial charge is 0.497 e. The molecule has 0 bridgehead atoms. The second-order valence-corrected chi connectivity index (χ2v) is 6.10. The second-order valence-electron chi connectivity index (χ2n) is 6.10. The van der Waals surface area contributed by atoms with Gasteiger partial charge in [0.1, 0.15) is 11.4 Å². The number of aliphatic hydroxyl groups excluding tert-OH is 1. The number of carbonyl (C=O) groups is 1. The molecule has 0 radical (unpaired) electrons. The Morgan fingerprint density at radius 1 is 1.36 bits per heavy atom. The van der Waals surface area contributed by atoms with Crippen molar-refractivity contribution in [3.8, 4) is 5.75 Å². The van der Waals surface area contributed by atoms with E-state index in [2.05, 4.69) is 5.10 Å². The Labute approximate surface area is 146 Å². The van der Waals surface area contributed by atoms with Gasteiger partial charge in [0.2, 0.25) is 0 Å². The van der Waals surface area contributed by atoms with Crippen LogP contribution in [0, 0.1) is 0 Å². The number of hydrogen-bond donors (Lipinski definition) is 1. The van der Waals surface area contributed by atoms with Crippen LogP contribution in [0.4, 0.5) is 0 Å². The molecule has 1 aliphatic rings. The molecule has 0 spiro atoms. The van der Waals surface area contributed by atoms with E-state index in [-0.39, 0.29) is 11.9 Å². The van der Waals surface area contributed by atoms with Gasteiger partial charge in [-0.1, -0.05) is 12.1 Å². The summed E-state index contributed by atoms with van der Waals surface area (Å²) in [5.41, 5.74) is 1.32. The minimum absolute atomic E-state index is 0.180. The van der Waals surface area contributed by atoms with Crippen molar-refractivity contribution < 1.29 is 19.4 Å². The van der Waals surface area contributed by atoms with E-state index in [0.717, 1.165) is 11.3 Å². The predicted octanol–water partition coefficient (Wildman–Crippen LogP) is 1.49. The van der Waals surface area contributed by atoms with Crippen molar-refractivity contribution in [1.82, 2.24) is 14.7 Å². The molecule has 1 saturated heterocycles. The molecule has 7 nitrogen and oxygen atoms in total. The van der Waals surface area contributed by atoms with E-state index in [4.69, 9.17) is 9.47 Å². The Bertz CT molecular complexity index is 731. The summed E-state index contributed by atoms with van der Waals surface area (Å²) in [4.78, 5) is 14.6. The number of carbonyl (C=O) groups excluding carboxylic acids is 1. The quantitative estimate of drug-likeness (QED) is 0.858. The molecule has 2 heterocycles. The Balaban J connectivity index is 1.81. The highest BCUT2D eigenvalue weighted by molar-refractivity contribution is 5.92. The van der Waals surface area contributed by atoms with Gasteiger partial charge in [0.15, 0.2) is 0 Å². The Hall–Kier alpha value is -2.38. The standard InChI is InChI=1S/C18H23N3O4/c1-24-9-8-20-7-6-16(19-20)18(23)21-12-14(22)11-17(21)13-4-3-5-15(10-13)25-2/h3-7,10,14,17,22H,8-9,11-12H2,1-2H3/t14-,17-/m1/s1. The predicted molar refractivity (Wildman–Crippen MR) is 91.5 cm³/mol. The van der Waals surface area contributed by atoms with Crippen LogP contribution in [0.2, 0.25) is 0 Å². The lowest BCUT2D eigenvalue weighted by Gasteiger charge is -2.24. The maximum atomic E-state index is 12.9. The van der Waals surface area contributed by atoms with Gasteiger partial charge in [0, 0.05) is 19.9 Å². The lowest BCUT2D eigenvalue weighted by Crippen LogP contribution is -2.32. The molecule has 0 aliphatic carbocycles. The number of nitrogens with zero attached hydrogens (tertiary/aromatic N) is 3. The molecule has 1 aromatic carbocycles. The third-order valence-corrected chi connectivity index (χ3v) is 4.40. The minimum Gasteiger partial charge on any atom is -0.497 e. The number of benzene rings is 1. The van der Waals surface area contributed by atoms with E-state index >= 15 is 0 Å². The summed E-state index contributed by atoms with van der Waals surface area (Å²) in [6.07, 6.45) is 1.72. The van der Waals surface area contributed by atoms with Gasteiger partial charge in [-0.3, -0.25) is 9.48 Å². The number of rotatable bonds is 6. The number of β-amino-alcohol motifs (C(OH)–C–C–N with tert-alkyl or cyclic N) is 1. The van der Waals surface area contributed by atoms with Gasteiger partial charge in [-0.2, -0.15) is 5.10 Å². The molecule has 7 heteroatoms. The van der Waals surface area contributed by atoms with Crippen LogP contribution in [0.15, 0.2) is 36.5 Å². The van der Waals surface area contributed by atoms with Crippen LogP contribution < -0.4 is 4.74 Å². The molecule has 3 rings (SSSR count). The molecule has 134 valence electrons. The van der Waals surface area contributed by atoms with Crippen LogP contribution >= 0.6 is 0 Å². The van der Waals surface area contributed by atoms with Crippen molar-refractivity contribution in [1.29, 1.82) is 0 Å². The van der Waals surface area contributed by atoms with Gasteiger partial charge in [-0.05, 0) is 30.2 Å². The van der Waals surface area contributed by atoms with Crippen molar-refractivity contribution >= 4 is 5.91 Å². The van der Waals surface area contributed by atoms with Crippen molar-refractivity contribution in [3.63, 3.8) is 0 Å². The molecule has 25 heavy (non-hydrogen) atoms. The highest BCUT2D eigenvalue weighted by Crippen LogP contribution is 2.34. The van der Waals surface area contributed by atoms with Crippen LogP contribution in [0.1, 0.15) is 28.5 Å². The molecule has 1 fully saturated rings. The molecule has 1 amide bonds. The number of amides is 1. The monoisotopic (exact) mass is 345 g/mol. The first-order chi connectivity index (χ1) is 12.1. The first kappa shape index (κ1) is 17.4. The number of aromatic nitrogens is 2. The van der Waals surface area contributed by atoms with Crippen LogP contribution in [0.5, 0.6) is 5.75 Å². The highest BCUT2D eigenvalue weighted by Gasteiger charge is 2.36. The lowest BCUT2D eigenvalue weighted by atomic mass is 10.0. The van der Waals surface area contributed by atoms with Gasteiger partial charge < -0.3 is 19.5 Å². The Morgan fingerprint density at radius 3 is 2.96 bits per heavy atom. The Kier molecular flexibility index (Phi) is 5.35. The van der Waals surface area contributed by atoms with E-state index < -0.39 is 6.10 Å². The highest BCUT2D eigenvalue weighted by atomic mass is 16.5. The molecule has 0 saturated carbocycles. The summed E-state index contributed by atoms with van der Waals surface area (Å²) in [6, 6.07) is 9.11. The topological polar surface area (TPSA) is 76.8 Å². The molecule has 2 aromatic rings. The summed E-state index contributed by atoms with van der Waals surface area (Å²) in [5, 5.41) is 14.4. The average molecular weight is 345 g/mol. The maximum Gasteiger partial charge on any atom is 0.274 e. The Morgan fingerprint density at radius 2 is 2.20 bits per heavy atom. The van der Waals surface area contributed by atoms with Gasteiger partial charge in [-0.15, -0.1) is 0 Å². The molecule has 1 N–H and O–H groups in total. The first-order valence-corrected chi connectivity index (χ1v) is 8.27. The average Bonchev–Trinajstić information content (AvgIpc) is 3.26. The van der Waals surface area contributed by atoms with Crippen LogP contribution in [0.25, 0.3) is 0 Å². The number of ether oxygens (including phenoxy) is 2. The van der Waals surface area contributed by atoms with Crippen LogP contribution in [-0.2, 0) is 11.3 Å². The molecule has 2 atom stereocenters. The van der Waals surface area contributed by atoms with Gasteiger partial charge in [0.05, 0.1) is 32.4 Å². The van der Waals surface area contributed by atoms with Crippen LogP contribution in [-0.4, -0.2) is 59.2 Å². The first-order valence-electron chi connectivity index (χ1n) is 8.27. The van der Waals surface area contributed by atoms with E-state index in [9.17, 15) is 9.90 Å². The molecular weight excluding hydrogens is 322 g/mol. The molecule has 1 aliphatic heterocycles. The van der Waals surface area contributed by atoms with Gasteiger partial charge in [-0.25, -0.2) is 0 Å². The summed E-state index contributed by atoms with van der Waals surface area (Å²) in [6.45, 7) is 1.42. The molecular formula is C18H23N3O4. The van der Waals surface area contributed by atoms with Crippen molar-refractivity contribution in [2.75, 3.05) is 27.4 Å². The van der Waals surface area contributed by atoms with Crippen LogP contribution in [0.3, 0.4) is 0 Å². The zero-order valence-electron chi connectivity index (χ0n) is 14.5. The summed E-state index contributed by atoms with van der Waals surface area (Å²) < 4.78 is 12.0. The lowest BCUT2D eigenvalue weighted by molar-refractivity contribution is 0.0708. The normalized spacial score (nSPS) is 20.0. The fraction of sp³-hybridized carbons (Fsp3) is 0.444. The third-order valence-electron chi connectivity index (χ3n) is 4.40. The van der Waals surface area contributed by atoms with E-state index in [1.807, 2.05) is 24.3 Å². The maximum absolute atomic E-state index is 12.9. The number of aliphatic hydroxyl groups is 1.